The Morgan fingerprint density at radius 1 is 0.875 bits per heavy atom. The molecule has 0 aliphatic carbocycles. The van der Waals surface area contributed by atoms with Crippen LogP contribution >= 0.6 is 0 Å². The number of ether oxygens (including phenoxy) is 1. The number of fused-ring (bicyclic) bond motifs is 1. The molecule has 0 aliphatic rings. The highest BCUT2D eigenvalue weighted by Crippen LogP contribution is 2.22. The Bertz CT molecular complexity index is 1380. The minimum Gasteiger partial charge on any atom is -0.438 e. The molecule has 5 rings (SSSR count). The number of hydrogen-bond donors (Lipinski definition) is 1. The van der Waals surface area contributed by atoms with Crippen molar-refractivity contribution in [1.82, 2.24) is 20.0 Å². The molecule has 0 aliphatic heterocycles. The Kier molecular flexibility index (Phi) is 5.05. The van der Waals surface area contributed by atoms with Gasteiger partial charge in [-0.25, -0.2) is 4.68 Å². The number of anilines is 1. The number of nitrogens with one attached hydrogen (secondary N) is 1. The maximum Gasteiger partial charge on any atom is 0.255 e. The van der Waals surface area contributed by atoms with Gasteiger partial charge >= 0.3 is 0 Å². The van der Waals surface area contributed by atoms with E-state index in [2.05, 4.69) is 20.6 Å². The molecule has 0 radical (unpaired) electrons. The number of aromatic nitrogens is 4. The average Bonchev–Trinajstić information content (AvgIpc) is 3.26. The van der Waals surface area contributed by atoms with Gasteiger partial charge in [0.2, 0.25) is 5.88 Å². The van der Waals surface area contributed by atoms with E-state index < -0.39 is 0 Å². The molecule has 1 amide bonds. The van der Waals surface area contributed by atoms with Crippen LogP contribution in [0.5, 0.6) is 11.6 Å². The lowest BCUT2D eigenvalue weighted by Crippen LogP contribution is -2.11. The normalized spacial score (nSPS) is 10.8. The summed E-state index contributed by atoms with van der Waals surface area (Å²) in [6.07, 6.45) is 1.83. The fourth-order valence-corrected chi connectivity index (χ4v) is 3.30. The van der Waals surface area contributed by atoms with Gasteiger partial charge in [0.05, 0.1) is 23.1 Å². The predicted molar refractivity (Wildman–Crippen MR) is 122 cm³/mol. The maximum atomic E-state index is 12.6. The summed E-state index contributed by atoms with van der Waals surface area (Å²) in [5.74, 6) is 0.828. The molecule has 2 heterocycles. The number of carbonyl (C=O) groups excluding carboxylic acids is 1. The van der Waals surface area contributed by atoms with E-state index in [1.54, 1.807) is 42.5 Å². The van der Waals surface area contributed by atoms with E-state index in [4.69, 9.17) is 4.74 Å². The highest BCUT2D eigenvalue weighted by atomic mass is 16.5. The monoisotopic (exact) mass is 421 g/mol. The van der Waals surface area contributed by atoms with Crippen molar-refractivity contribution in [3.63, 3.8) is 0 Å². The van der Waals surface area contributed by atoms with Gasteiger partial charge in [0.1, 0.15) is 5.75 Å². The van der Waals surface area contributed by atoms with Gasteiger partial charge in [-0.1, -0.05) is 18.2 Å². The number of rotatable bonds is 5. The van der Waals surface area contributed by atoms with Crippen molar-refractivity contribution in [3.8, 4) is 17.3 Å². The Morgan fingerprint density at radius 3 is 2.41 bits per heavy atom. The zero-order valence-electron chi connectivity index (χ0n) is 17.3. The van der Waals surface area contributed by atoms with Gasteiger partial charge in [-0.15, -0.1) is 5.10 Å². The quantitative estimate of drug-likeness (QED) is 0.423. The summed E-state index contributed by atoms with van der Waals surface area (Å²) in [5.41, 5.74) is 3.95. The van der Waals surface area contributed by atoms with Gasteiger partial charge in [0.15, 0.2) is 0 Å². The molecule has 32 heavy (non-hydrogen) atoms. The van der Waals surface area contributed by atoms with Crippen LogP contribution in [0.2, 0.25) is 0 Å². The summed E-state index contributed by atoms with van der Waals surface area (Å²) < 4.78 is 7.52. The van der Waals surface area contributed by atoms with Crippen LogP contribution in [0.1, 0.15) is 16.1 Å². The number of benzene rings is 3. The number of nitrogens with zero attached hydrogens (tertiary/aromatic N) is 4. The van der Waals surface area contributed by atoms with E-state index in [1.165, 1.54) is 0 Å². The smallest absolute Gasteiger partial charge is 0.255 e. The molecule has 0 saturated heterocycles. The molecule has 156 valence electrons. The molecule has 7 nitrogen and oxygen atoms in total. The first-order chi connectivity index (χ1) is 15.7. The van der Waals surface area contributed by atoms with Crippen LogP contribution in [0.4, 0.5) is 5.69 Å². The first-order valence-electron chi connectivity index (χ1n) is 10.1. The minimum atomic E-state index is -0.194. The molecule has 0 unspecified atom stereocenters. The third kappa shape index (κ3) is 4.04. The number of aryl methyl sites for hydroxylation is 1. The second-order valence-corrected chi connectivity index (χ2v) is 7.26. The highest BCUT2D eigenvalue weighted by molar-refractivity contribution is 6.04. The van der Waals surface area contributed by atoms with Crippen molar-refractivity contribution in [2.45, 2.75) is 6.92 Å². The maximum absolute atomic E-state index is 12.6. The van der Waals surface area contributed by atoms with E-state index >= 15 is 0 Å². The van der Waals surface area contributed by atoms with Crippen LogP contribution in [-0.4, -0.2) is 25.9 Å². The van der Waals surface area contributed by atoms with Crippen LogP contribution in [0.25, 0.3) is 16.6 Å². The SMILES string of the molecule is Cc1ccc(Oc2ccc(NC(=O)c3ccc(-n4ncc5ccccc54)cc3)cc2)nn1. The number of para-hydroxylation sites is 1. The fourth-order valence-electron chi connectivity index (χ4n) is 3.30. The summed E-state index contributed by atoms with van der Waals surface area (Å²) in [7, 11) is 0. The van der Waals surface area contributed by atoms with Gasteiger partial charge in [0.25, 0.3) is 5.91 Å². The Balaban J connectivity index is 1.26. The van der Waals surface area contributed by atoms with Crippen molar-refractivity contribution >= 4 is 22.5 Å². The van der Waals surface area contributed by atoms with Gasteiger partial charge < -0.3 is 10.1 Å². The summed E-state index contributed by atoms with van der Waals surface area (Å²) in [4.78, 5) is 12.6. The Labute approximate surface area is 184 Å². The second kappa shape index (κ2) is 8.31. The first kappa shape index (κ1) is 19.4. The zero-order valence-corrected chi connectivity index (χ0v) is 17.3. The van der Waals surface area contributed by atoms with Gasteiger partial charge in [0, 0.05) is 22.7 Å². The van der Waals surface area contributed by atoms with Gasteiger partial charge in [-0.3, -0.25) is 4.79 Å². The number of hydrogen-bond acceptors (Lipinski definition) is 5. The Morgan fingerprint density at radius 2 is 1.66 bits per heavy atom. The molecule has 2 aromatic heterocycles. The molecule has 0 bridgehead atoms. The van der Waals surface area contributed by atoms with Crippen LogP contribution in [-0.2, 0) is 0 Å². The molecular formula is C25H19N5O2. The lowest BCUT2D eigenvalue weighted by Gasteiger charge is -2.08. The van der Waals surface area contributed by atoms with Crippen LogP contribution in [0, 0.1) is 6.92 Å². The van der Waals surface area contributed by atoms with Crippen LogP contribution < -0.4 is 10.1 Å². The molecule has 7 heteroatoms. The second-order valence-electron chi connectivity index (χ2n) is 7.26. The van der Waals surface area contributed by atoms with E-state index in [-0.39, 0.29) is 5.91 Å². The predicted octanol–water partition coefficient (Wildman–Crippen LogP) is 5.17. The molecule has 1 N–H and O–H groups in total. The van der Waals surface area contributed by atoms with Crippen molar-refractivity contribution < 1.29 is 9.53 Å². The summed E-state index contributed by atoms with van der Waals surface area (Å²) >= 11 is 0. The molecule has 0 spiro atoms. The van der Waals surface area contributed by atoms with Crippen molar-refractivity contribution in [2.24, 2.45) is 0 Å². The van der Waals surface area contributed by atoms with E-state index in [0.717, 1.165) is 22.3 Å². The third-order valence-corrected chi connectivity index (χ3v) is 4.96. The van der Waals surface area contributed by atoms with Crippen LogP contribution in [0.3, 0.4) is 0 Å². The molecular weight excluding hydrogens is 402 g/mol. The third-order valence-electron chi connectivity index (χ3n) is 4.96. The molecule has 3 aromatic carbocycles. The van der Waals surface area contributed by atoms with E-state index in [1.807, 2.05) is 60.3 Å². The van der Waals surface area contributed by atoms with E-state index in [9.17, 15) is 4.79 Å². The first-order valence-corrected chi connectivity index (χ1v) is 10.1. The largest absolute Gasteiger partial charge is 0.438 e. The number of carbonyl (C=O) groups is 1. The molecule has 0 fully saturated rings. The average molecular weight is 421 g/mol. The summed E-state index contributed by atoms with van der Waals surface area (Å²) in [5, 5.41) is 16.4. The highest BCUT2D eigenvalue weighted by Gasteiger charge is 2.09. The summed E-state index contributed by atoms with van der Waals surface area (Å²) in [6, 6.07) is 26.0. The number of amides is 1. The fraction of sp³-hybridized carbons (Fsp3) is 0.0400. The topological polar surface area (TPSA) is 81.9 Å². The Hall–Kier alpha value is -4.52. The van der Waals surface area contributed by atoms with Crippen molar-refractivity contribution in [3.05, 3.63) is 102 Å². The standard InChI is InChI=1S/C25H19N5O2/c1-17-6-15-24(29-28-17)32-22-13-9-20(10-14-22)27-25(31)18-7-11-21(12-8-18)30-23-5-3-2-4-19(23)16-26-30/h2-16H,1H3,(H,27,31). The molecule has 0 saturated carbocycles. The van der Waals surface area contributed by atoms with Crippen LogP contribution in [0.15, 0.2) is 91.1 Å². The van der Waals surface area contributed by atoms with Gasteiger partial charge in [-0.2, -0.15) is 10.2 Å². The molecule has 5 aromatic rings. The zero-order chi connectivity index (χ0) is 21.9. The lowest BCUT2D eigenvalue weighted by molar-refractivity contribution is 0.102. The van der Waals surface area contributed by atoms with Gasteiger partial charge in [-0.05, 0) is 67.6 Å². The van der Waals surface area contributed by atoms with Crippen molar-refractivity contribution in [1.29, 1.82) is 0 Å². The molecule has 0 atom stereocenters. The summed E-state index contributed by atoms with van der Waals surface area (Å²) in [6.45, 7) is 1.86. The van der Waals surface area contributed by atoms with E-state index in [0.29, 0.717) is 22.9 Å². The lowest BCUT2D eigenvalue weighted by atomic mass is 10.2. The minimum absolute atomic E-state index is 0.194. The van der Waals surface area contributed by atoms with Crippen molar-refractivity contribution in [2.75, 3.05) is 5.32 Å².